The van der Waals surface area contributed by atoms with Crippen molar-refractivity contribution in [1.29, 1.82) is 0 Å². The van der Waals surface area contributed by atoms with Crippen molar-refractivity contribution in [2.45, 2.75) is 19.9 Å². The van der Waals surface area contributed by atoms with Crippen molar-refractivity contribution in [2.75, 3.05) is 37.6 Å². The van der Waals surface area contributed by atoms with Crippen LogP contribution in [0.1, 0.15) is 25.5 Å². The second-order valence-electron chi connectivity index (χ2n) is 5.02. The lowest BCUT2D eigenvalue weighted by Crippen LogP contribution is -2.43. The molecule has 1 unspecified atom stereocenters. The van der Waals surface area contributed by atoms with E-state index in [2.05, 4.69) is 17.0 Å². The molecule has 6 nitrogen and oxygen atoms in total. The maximum atomic E-state index is 12.3. The van der Waals surface area contributed by atoms with Crippen LogP contribution in [-0.2, 0) is 14.9 Å². The Morgan fingerprint density at radius 2 is 2.05 bits per heavy atom. The SMILES string of the molecule is CCNC(C)c1cccc(NS(=O)(=O)N2CCOCC2)c1. The van der Waals surface area contributed by atoms with E-state index in [-0.39, 0.29) is 6.04 Å². The summed E-state index contributed by atoms with van der Waals surface area (Å²) in [5, 5.41) is 3.31. The van der Waals surface area contributed by atoms with Crippen molar-refractivity contribution in [3.63, 3.8) is 0 Å². The zero-order valence-corrected chi connectivity index (χ0v) is 13.3. The minimum atomic E-state index is -3.51. The molecular formula is C14H23N3O3S. The molecule has 118 valence electrons. The van der Waals surface area contributed by atoms with Crippen LogP contribution in [0.3, 0.4) is 0 Å². The molecule has 21 heavy (non-hydrogen) atoms. The highest BCUT2D eigenvalue weighted by Crippen LogP contribution is 2.19. The number of nitrogens with zero attached hydrogens (tertiary/aromatic N) is 1. The summed E-state index contributed by atoms with van der Waals surface area (Å²) in [6, 6.07) is 7.66. The molecule has 1 aromatic carbocycles. The third kappa shape index (κ3) is 4.41. The zero-order valence-electron chi connectivity index (χ0n) is 12.5. The van der Waals surface area contributed by atoms with Crippen LogP contribution in [0.2, 0.25) is 0 Å². The van der Waals surface area contributed by atoms with Crippen molar-refractivity contribution >= 4 is 15.9 Å². The molecule has 1 saturated heterocycles. The molecule has 1 fully saturated rings. The summed E-state index contributed by atoms with van der Waals surface area (Å²) in [4.78, 5) is 0. The molecule has 1 aliphatic rings. The third-order valence-corrected chi connectivity index (χ3v) is 4.99. The van der Waals surface area contributed by atoms with Gasteiger partial charge < -0.3 is 10.1 Å². The smallest absolute Gasteiger partial charge is 0.301 e. The maximum Gasteiger partial charge on any atom is 0.301 e. The molecule has 0 saturated carbocycles. The van der Waals surface area contributed by atoms with Gasteiger partial charge in [0.15, 0.2) is 0 Å². The lowest BCUT2D eigenvalue weighted by atomic mass is 10.1. The van der Waals surface area contributed by atoms with E-state index in [4.69, 9.17) is 4.74 Å². The summed E-state index contributed by atoms with van der Waals surface area (Å²) in [6.07, 6.45) is 0. The van der Waals surface area contributed by atoms with E-state index in [1.807, 2.05) is 25.1 Å². The molecule has 1 atom stereocenters. The van der Waals surface area contributed by atoms with Crippen molar-refractivity contribution in [3.8, 4) is 0 Å². The van der Waals surface area contributed by atoms with Crippen molar-refractivity contribution < 1.29 is 13.2 Å². The first-order valence-corrected chi connectivity index (χ1v) is 8.66. The molecule has 0 radical (unpaired) electrons. The summed E-state index contributed by atoms with van der Waals surface area (Å²) in [7, 11) is -3.51. The van der Waals surface area contributed by atoms with Crippen molar-refractivity contribution in [2.24, 2.45) is 0 Å². The molecule has 2 N–H and O–H groups in total. The van der Waals surface area contributed by atoms with Gasteiger partial charge in [-0.1, -0.05) is 19.1 Å². The van der Waals surface area contributed by atoms with Gasteiger partial charge in [0, 0.05) is 19.1 Å². The summed E-state index contributed by atoms with van der Waals surface area (Å²) in [5.74, 6) is 0. The number of morpholine rings is 1. The molecule has 2 rings (SSSR count). The van der Waals surface area contributed by atoms with Crippen LogP contribution in [0.25, 0.3) is 0 Å². The van der Waals surface area contributed by atoms with Gasteiger partial charge in [0.2, 0.25) is 0 Å². The van der Waals surface area contributed by atoms with Gasteiger partial charge >= 0.3 is 10.2 Å². The van der Waals surface area contributed by atoms with E-state index in [0.717, 1.165) is 12.1 Å². The topological polar surface area (TPSA) is 70.7 Å². The monoisotopic (exact) mass is 313 g/mol. The first-order chi connectivity index (χ1) is 10.0. The van der Waals surface area contributed by atoms with E-state index in [1.54, 1.807) is 6.07 Å². The van der Waals surface area contributed by atoms with Gasteiger partial charge in [-0.3, -0.25) is 4.72 Å². The number of nitrogens with one attached hydrogen (secondary N) is 2. The number of anilines is 1. The van der Waals surface area contributed by atoms with Gasteiger partial charge in [-0.05, 0) is 31.2 Å². The summed E-state index contributed by atoms with van der Waals surface area (Å²) in [6.45, 7) is 6.63. The van der Waals surface area contributed by atoms with Gasteiger partial charge in [0.1, 0.15) is 0 Å². The fourth-order valence-corrected chi connectivity index (χ4v) is 3.48. The average Bonchev–Trinajstić information content (AvgIpc) is 2.48. The Morgan fingerprint density at radius 1 is 1.33 bits per heavy atom. The predicted octanol–water partition coefficient (Wildman–Crippen LogP) is 1.35. The van der Waals surface area contributed by atoms with Gasteiger partial charge in [0.05, 0.1) is 18.9 Å². The summed E-state index contributed by atoms with van der Waals surface area (Å²) >= 11 is 0. The zero-order chi connectivity index (χ0) is 15.3. The average molecular weight is 313 g/mol. The fraction of sp³-hybridized carbons (Fsp3) is 0.571. The molecule has 1 aromatic rings. The van der Waals surface area contributed by atoms with E-state index in [1.165, 1.54) is 4.31 Å². The number of benzene rings is 1. The van der Waals surface area contributed by atoms with Crippen LogP contribution in [-0.4, -0.2) is 45.6 Å². The molecule has 0 amide bonds. The molecule has 0 bridgehead atoms. The lowest BCUT2D eigenvalue weighted by molar-refractivity contribution is 0.0733. The number of hydrogen-bond donors (Lipinski definition) is 2. The van der Waals surface area contributed by atoms with Crippen molar-refractivity contribution in [1.82, 2.24) is 9.62 Å². The first-order valence-electron chi connectivity index (χ1n) is 7.22. The molecule has 1 heterocycles. The second-order valence-corrected chi connectivity index (χ2v) is 6.69. The van der Waals surface area contributed by atoms with Crippen LogP contribution in [0.15, 0.2) is 24.3 Å². The summed E-state index contributed by atoms with van der Waals surface area (Å²) < 4.78 is 33.8. The number of ether oxygens (including phenoxy) is 1. The highest BCUT2D eigenvalue weighted by Gasteiger charge is 2.24. The van der Waals surface area contributed by atoms with Crippen LogP contribution < -0.4 is 10.0 Å². The summed E-state index contributed by atoms with van der Waals surface area (Å²) in [5.41, 5.74) is 1.64. The molecular weight excluding hydrogens is 290 g/mol. The van der Waals surface area contributed by atoms with Crippen LogP contribution in [0, 0.1) is 0 Å². The third-order valence-electron chi connectivity index (χ3n) is 3.45. The molecule has 7 heteroatoms. The predicted molar refractivity (Wildman–Crippen MR) is 83.5 cm³/mol. The highest BCUT2D eigenvalue weighted by atomic mass is 32.2. The van der Waals surface area contributed by atoms with Crippen LogP contribution >= 0.6 is 0 Å². The quantitative estimate of drug-likeness (QED) is 0.831. The van der Waals surface area contributed by atoms with E-state index in [0.29, 0.717) is 32.0 Å². The number of hydrogen-bond acceptors (Lipinski definition) is 4. The van der Waals surface area contributed by atoms with Crippen LogP contribution in [0.4, 0.5) is 5.69 Å². The lowest BCUT2D eigenvalue weighted by Gasteiger charge is -2.26. The first kappa shape index (κ1) is 16.2. The van der Waals surface area contributed by atoms with Gasteiger partial charge in [0.25, 0.3) is 0 Å². The number of rotatable bonds is 6. The Hall–Kier alpha value is -1.15. The fourth-order valence-electron chi connectivity index (χ4n) is 2.30. The Balaban J connectivity index is 2.09. The van der Waals surface area contributed by atoms with Gasteiger partial charge in [-0.15, -0.1) is 0 Å². The Bertz CT molecular complexity index is 556. The molecule has 0 aliphatic carbocycles. The molecule has 0 aromatic heterocycles. The maximum absolute atomic E-state index is 12.3. The normalized spacial score (nSPS) is 18.4. The van der Waals surface area contributed by atoms with Gasteiger partial charge in [-0.25, -0.2) is 0 Å². The Labute approximate surface area is 126 Å². The van der Waals surface area contributed by atoms with Crippen molar-refractivity contribution in [3.05, 3.63) is 29.8 Å². The Morgan fingerprint density at radius 3 is 2.71 bits per heavy atom. The minimum absolute atomic E-state index is 0.183. The van der Waals surface area contributed by atoms with Crippen LogP contribution in [0.5, 0.6) is 0 Å². The minimum Gasteiger partial charge on any atom is -0.379 e. The standard InChI is InChI=1S/C14H23N3O3S/c1-3-15-12(2)13-5-4-6-14(11-13)16-21(18,19)17-7-9-20-10-8-17/h4-6,11-12,15-16H,3,7-10H2,1-2H3. The molecule has 0 spiro atoms. The van der Waals surface area contributed by atoms with E-state index < -0.39 is 10.2 Å². The highest BCUT2D eigenvalue weighted by molar-refractivity contribution is 7.90. The van der Waals surface area contributed by atoms with E-state index >= 15 is 0 Å². The Kier molecular flexibility index (Phi) is 5.58. The van der Waals surface area contributed by atoms with Gasteiger partial charge in [-0.2, -0.15) is 12.7 Å². The second kappa shape index (κ2) is 7.22. The largest absolute Gasteiger partial charge is 0.379 e. The molecule has 1 aliphatic heterocycles. The van der Waals surface area contributed by atoms with E-state index in [9.17, 15) is 8.42 Å².